The van der Waals surface area contributed by atoms with E-state index in [2.05, 4.69) is 0 Å². The molecule has 19 heavy (non-hydrogen) atoms. The topological polar surface area (TPSA) is 34.1 Å². The molecule has 0 atom stereocenters. The number of hydrogen-bond acceptors (Lipinski definition) is 3. The minimum atomic E-state index is -3.19. The van der Waals surface area contributed by atoms with Gasteiger partial charge in [-0.15, -0.1) is 11.8 Å². The van der Waals surface area contributed by atoms with Crippen molar-refractivity contribution < 1.29 is 8.42 Å². The maximum Gasteiger partial charge on any atom is 0.179 e. The van der Waals surface area contributed by atoms with Crippen LogP contribution in [-0.2, 0) is 9.84 Å². The number of hydrogen-bond donors (Lipinski definition) is 0. The normalized spacial score (nSPS) is 11.4. The summed E-state index contributed by atoms with van der Waals surface area (Å²) in [6.07, 6.45) is 0. The van der Waals surface area contributed by atoms with Gasteiger partial charge < -0.3 is 0 Å². The highest BCUT2D eigenvalue weighted by molar-refractivity contribution is 8.00. The number of halogens is 1. The average Bonchev–Trinajstić information content (AvgIpc) is 2.42. The van der Waals surface area contributed by atoms with Crippen molar-refractivity contribution in [3.05, 3.63) is 59.6 Å². The zero-order valence-electron chi connectivity index (χ0n) is 10.1. The molecule has 0 fully saturated rings. The fourth-order valence-corrected chi connectivity index (χ4v) is 4.25. The molecule has 0 amide bonds. The molecule has 0 unspecified atom stereocenters. The van der Waals surface area contributed by atoms with Crippen molar-refractivity contribution in [2.75, 3.05) is 11.5 Å². The van der Waals surface area contributed by atoms with Gasteiger partial charge in [-0.05, 0) is 36.4 Å². The van der Waals surface area contributed by atoms with Gasteiger partial charge in [0.2, 0.25) is 0 Å². The van der Waals surface area contributed by atoms with E-state index >= 15 is 0 Å². The van der Waals surface area contributed by atoms with Crippen LogP contribution in [0.5, 0.6) is 0 Å². The van der Waals surface area contributed by atoms with Crippen LogP contribution in [-0.4, -0.2) is 19.9 Å². The third kappa shape index (κ3) is 4.27. The monoisotopic (exact) mass is 312 g/mol. The number of thioether (sulfide) groups is 1. The lowest BCUT2D eigenvalue weighted by Crippen LogP contribution is -2.08. The van der Waals surface area contributed by atoms with Gasteiger partial charge in [0.05, 0.1) is 10.6 Å². The van der Waals surface area contributed by atoms with Crippen LogP contribution < -0.4 is 0 Å². The van der Waals surface area contributed by atoms with E-state index < -0.39 is 9.84 Å². The highest BCUT2D eigenvalue weighted by Gasteiger charge is 2.13. The molecule has 0 saturated carbocycles. The third-order valence-electron chi connectivity index (χ3n) is 2.54. The van der Waals surface area contributed by atoms with Crippen molar-refractivity contribution in [2.45, 2.75) is 9.79 Å². The van der Waals surface area contributed by atoms with Crippen LogP contribution in [0.3, 0.4) is 0 Å². The molecule has 5 heteroatoms. The summed E-state index contributed by atoms with van der Waals surface area (Å²) in [5.41, 5.74) is 0. The Bertz CT molecular complexity index is 622. The number of rotatable bonds is 5. The minimum Gasteiger partial charge on any atom is -0.224 e. The van der Waals surface area contributed by atoms with Crippen LogP contribution in [0.2, 0.25) is 5.02 Å². The molecule has 0 aliphatic rings. The van der Waals surface area contributed by atoms with E-state index in [4.69, 9.17) is 11.6 Å². The predicted molar refractivity (Wildman–Crippen MR) is 80.7 cm³/mol. The van der Waals surface area contributed by atoms with E-state index in [0.717, 1.165) is 4.90 Å². The van der Waals surface area contributed by atoms with Gasteiger partial charge in [-0.2, -0.15) is 0 Å². The van der Waals surface area contributed by atoms with E-state index in [1.165, 1.54) is 11.8 Å². The molecule has 0 spiro atoms. The molecule has 0 bridgehead atoms. The van der Waals surface area contributed by atoms with Crippen molar-refractivity contribution in [3.63, 3.8) is 0 Å². The van der Waals surface area contributed by atoms with Crippen molar-refractivity contribution in [2.24, 2.45) is 0 Å². The second-order valence-electron chi connectivity index (χ2n) is 3.93. The first-order valence-electron chi connectivity index (χ1n) is 5.74. The lowest BCUT2D eigenvalue weighted by atomic mass is 10.4. The van der Waals surface area contributed by atoms with Gasteiger partial charge in [0.15, 0.2) is 9.84 Å². The summed E-state index contributed by atoms with van der Waals surface area (Å²) in [6.45, 7) is 0. The van der Waals surface area contributed by atoms with Gasteiger partial charge in [0, 0.05) is 15.7 Å². The maximum atomic E-state index is 12.0. The van der Waals surface area contributed by atoms with Crippen LogP contribution in [0, 0.1) is 0 Å². The standard InChI is InChI=1S/C14H13ClO2S2/c15-12-6-8-13(9-7-12)18-10-11-19(16,17)14-4-2-1-3-5-14/h1-9H,10-11H2. The second-order valence-corrected chi connectivity index (χ2v) is 7.65. The van der Waals surface area contributed by atoms with Gasteiger partial charge >= 0.3 is 0 Å². The Hall–Kier alpha value is -0.970. The summed E-state index contributed by atoms with van der Waals surface area (Å²) in [5, 5.41) is 0.682. The summed E-state index contributed by atoms with van der Waals surface area (Å²) >= 11 is 7.31. The Morgan fingerprint density at radius 2 is 1.58 bits per heavy atom. The van der Waals surface area contributed by atoms with Crippen molar-refractivity contribution in [3.8, 4) is 0 Å². The zero-order valence-corrected chi connectivity index (χ0v) is 12.5. The molecule has 2 nitrogen and oxygen atoms in total. The molecule has 0 aliphatic carbocycles. The van der Waals surface area contributed by atoms with Crippen molar-refractivity contribution in [1.29, 1.82) is 0 Å². The van der Waals surface area contributed by atoms with Crippen molar-refractivity contribution >= 4 is 33.2 Å². The smallest absolute Gasteiger partial charge is 0.179 e. The van der Waals surface area contributed by atoms with E-state index in [9.17, 15) is 8.42 Å². The summed E-state index contributed by atoms with van der Waals surface area (Å²) in [6, 6.07) is 15.9. The van der Waals surface area contributed by atoms with E-state index in [-0.39, 0.29) is 5.75 Å². The molecule has 2 aromatic rings. The molecular formula is C14H13ClO2S2. The van der Waals surface area contributed by atoms with Gasteiger partial charge in [-0.25, -0.2) is 8.42 Å². The molecule has 0 saturated heterocycles. The first-order valence-corrected chi connectivity index (χ1v) is 8.76. The highest BCUT2D eigenvalue weighted by atomic mass is 35.5. The molecule has 0 radical (unpaired) electrons. The molecule has 0 N–H and O–H groups in total. The van der Waals surface area contributed by atoms with E-state index in [0.29, 0.717) is 15.7 Å². The molecule has 2 rings (SSSR count). The first kappa shape index (κ1) is 14.4. The van der Waals surface area contributed by atoms with E-state index in [1.54, 1.807) is 36.4 Å². The number of benzene rings is 2. The van der Waals surface area contributed by atoms with Crippen LogP contribution in [0.4, 0.5) is 0 Å². The largest absolute Gasteiger partial charge is 0.224 e. The fourth-order valence-electron chi connectivity index (χ4n) is 1.55. The summed E-state index contributed by atoms with van der Waals surface area (Å²) < 4.78 is 24.1. The number of sulfone groups is 1. The fraction of sp³-hybridized carbons (Fsp3) is 0.143. The first-order chi connectivity index (χ1) is 9.08. The van der Waals surface area contributed by atoms with Gasteiger partial charge in [0.1, 0.15) is 0 Å². The maximum absolute atomic E-state index is 12.0. The Morgan fingerprint density at radius 3 is 2.21 bits per heavy atom. The van der Waals surface area contributed by atoms with Gasteiger partial charge in [-0.1, -0.05) is 29.8 Å². The Morgan fingerprint density at radius 1 is 0.947 bits per heavy atom. The quantitative estimate of drug-likeness (QED) is 0.785. The zero-order chi connectivity index (χ0) is 13.7. The van der Waals surface area contributed by atoms with Gasteiger partial charge in [-0.3, -0.25) is 0 Å². The summed E-state index contributed by atoms with van der Waals surface area (Å²) in [4.78, 5) is 1.40. The lowest BCUT2D eigenvalue weighted by Gasteiger charge is -2.04. The van der Waals surface area contributed by atoms with Crippen LogP contribution in [0.1, 0.15) is 0 Å². The predicted octanol–water partition coefficient (Wildman–Crippen LogP) is 3.91. The average molecular weight is 313 g/mol. The summed E-state index contributed by atoms with van der Waals surface area (Å²) in [7, 11) is -3.19. The Labute approximate surface area is 122 Å². The molecule has 0 aliphatic heterocycles. The molecule has 2 aromatic carbocycles. The minimum absolute atomic E-state index is 0.129. The lowest BCUT2D eigenvalue weighted by molar-refractivity contribution is 0.597. The Balaban J connectivity index is 1.94. The van der Waals surface area contributed by atoms with Gasteiger partial charge in [0.25, 0.3) is 0 Å². The molecule has 0 heterocycles. The summed E-state index contributed by atoms with van der Waals surface area (Å²) in [5.74, 6) is 0.656. The highest BCUT2D eigenvalue weighted by Crippen LogP contribution is 2.21. The Kier molecular flexibility index (Phi) is 4.91. The molecule has 0 aromatic heterocycles. The third-order valence-corrected chi connectivity index (χ3v) is 5.79. The van der Waals surface area contributed by atoms with Crippen molar-refractivity contribution in [1.82, 2.24) is 0 Å². The second kappa shape index (κ2) is 6.46. The molecule has 100 valence electrons. The van der Waals surface area contributed by atoms with E-state index in [1.807, 2.05) is 18.2 Å². The van der Waals surface area contributed by atoms with Crippen LogP contribution in [0.15, 0.2) is 64.4 Å². The van der Waals surface area contributed by atoms with Crippen LogP contribution in [0.25, 0.3) is 0 Å². The van der Waals surface area contributed by atoms with Crippen LogP contribution >= 0.6 is 23.4 Å². The SMILES string of the molecule is O=S(=O)(CCSc1ccc(Cl)cc1)c1ccccc1. The molecular weight excluding hydrogens is 300 g/mol.